The molecule has 0 unspecified atom stereocenters. The first kappa shape index (κ1) is 21.0. The van der Waals surface area contributed by atoms with E-state index in [1.807, 2.05) is 18.2 Å². The van der Waals surface area contributed by atoms with Crippen molar-refractivity contribution >= 4 is 11.8 Å². The van der Waals surface area contributed by atoms with Crippen LogP contribution in [0.15, 0.2) is 18.2 Å². The highest BCUT2D eigenvalue weighted by molar-refractivity contribution is 5.78. The lowest BCUT2D eigenvalue weighted by Gasteiger charge is -2.52. The minimum absolute atomic E-state index is 0.0760. The number of piperidine rings is 3. The first-order valence-corrected chi connectivity index (χ1v) is 11.1. The van der Waals surface area contributed by atoms with Crippen LogP contribution in [-0.2, 0) is 16.0 Å². The number of amides is 2. The second kappa shape index (κ2) is 9.25. The van der Waals surface area contributed by atoms with Gasteiger partial charge in [0.25, 0.3) is 0 Å². The topological polar surface area (TPSA) is 71.1 Å². The zero-order valence-electron chi connectivity index (χ0n) is 18.1. The van der Waals surface area contributed by atoms with Gasteiger partial charge in [-0.3, -0.25) is 14.5 Å². The average molecular weight is 416 g/mol. The first-order valence-electron chi connectivity index (χ1n) is 11.1. The van der Waals surface area contributed by atoms with E-state index >= 15 is 0 Å². The maximum absolute atomic E-state index is 12.5. The number of hydrogen-bond acceptors (Lipinski definition) is 5. The van der Waals surface area contributed by atoms with E-state index < -0.39 is 0 Å². The summed E-state index contributed by atoms with van der Waals surface area (Å²) in [6, 6.07) is 6.23. The molecule has 1 N–H and O–H groups in total. The second-order valence-electron chi connectivity index (χ2n) is 8.85. The first-order chi connectivity index (χ1) is 14.6. The van der Waals surface area contributed by atoms with Crippen molar-refractivity contribution in [1.82, 2.24) is 15.1 Å². The summed E-state index contributed by atoms with van der Waals surface area (Å²) in [6.07, 6.45) is 4.79. The summed E-state index contributed by atoms with van der Waals surface area (Å²) in [4.78, 5) is 29.2. The van der Waals surface area contributed by atoms with Gasteiger partial charge in [0, 0.05) is 38.6 Å². The Morgan fingerprint density at radius 2 is 2.00 bits per heavy atom. The maximum atomic E-state index is 12.5. The highest BCUT2D eigenvalue weighted by Crippen LogP contribution is 2.37. The molecule has 7 heteroatoms. The Hall–Kier alpha value is -2.28. The van der Waals surface area contributed by atoms with E-state index in [1.165, 1.54) is 6.42 Å². The molecule has 4 rings (SSSR count). The molecule has 30 heavy (non-hydrogen) atoms. The summed E-state index contributed by atoms with van der Waals surface area (Å²) < 4.78 is 10.6. The smallest absolute Gasteiger partial charge is 0.234 e. The van der Waals surface area contributed by atoms with Crippen molar-refractivity contribution in [3.8, 4) is 11.5 Å². The predicted molar refractivity (Wildman–Crippen MR) is 114 cm³/mol. The Balaban J connectivity index is 1.25. The van der Waals surface area contributed by atoms with Crippen LogP contribution in [0.1, 0.15) is 31.2 Å². The Bertz CT molecular complexity index is 784. The Morgan fingerprint density at radius 1 is 1.17 bits per heavy atom. The van der Waals surface area contributed by atoms with Crippen molar-refractivity contribution in [1.29, 1.82) is 0 Å². The molecule has 0 aliphatic carbocycles. The van der Waals surface area contributed by atoms with E-state index in [1.54, 1.807) is 14.2 Å². The number of nitrogens with zero attached hydrogens (tertiary/aromatic N) is 2. The Labute approximate surface area is 178 Å². The molecule has 2 amide bonds. The largest absolute Gasteiger partial charge is 0.493 e. The van der Waals surface area contributed by atoms with Gasteiger partial charge >= 0.3 is 0 Å². The molecule has 2 bridgehead atoms. The van der Waals surface area contributed by atoms with E-state index in [0.29, 0.717) is 54.8 Å². The quantitative estimate of drug-likeness (QED) is 0.734. The minimum Gasteiger partial charge on any atom is -0.493 e. The van der Waals surface area contributed by atoms with Crippen LogP contribution in [0.3, 0.4) is 0 Å². The standard InChI is InChI=1S/C23H33N3O4/c1-29-20-7-6-16(11-21(20)30-2)8-9-24-22(27)15-25-12-17-10-18(14-25)19-4-3-5-23(28)26(19)13-17/h6-7,11,17-19H,3-5,8-10,12-15H2,1-2H3,(H,24,27)/t17-,18-,19-/m1/s1. The van der Waals surface area contributed by atoms with E-state index in [2.05, 4.69) is 15.1 Å². The Morgan fingerprint density at radius 3 is 2.80 bits per heavy atom. The summed E-state index contributed by atoms with van der Waals surface area (Å²) in [7, 11) is 3.25. The third-order valence-corrected chi connectivity index (χ3v) is 6.81. The molecule has 3 aliphatic heterocycles. The molecule has 3 heterocycles. The molecule has 0 spiro atoms. The fourth-order valence-corrected chi connectivity index (χ4v) is 5.48. The van der Waals surface area contributed by atoms with Crippen LogP contribution in [-0.4, -0.2) is 74.6 Å². The van der Waals surface area contributed by atoms with E-state index in [0.717, 1.165) is 44.5 Å². The van der Waals surface area contributed by atoms with Gasteiger partial charge in [0.05, 0.1) is 20.8 Å². The molecule has 0 radical (unpaired) electrons. The Kier molecular flexibility index (Phi) is 6.46. The van der Waals surface area contributed by atoms with Crippen LogP contribution in [0.4, 0.5) is 0 Å². The molecule has 3 fully saturated rings. The van der Waals surface area contributed by atoms with Gasteiger partial charge < -0.3 is 19.7 Å². The molecular formula is C23H33N3O4. The SMILES string of the molecule is COc1ccc(CCNC(=O)CN2C[C@H]3C[C@H](C2)[C@H]2CCCC(=O)N2C3)cc1OC. The van der Waals surface area contributed by atoms with Gasteiger partial charge in [-0.05, 0) is 55.2 Å². The highest BCUT2D eigenvalue weighted by Gasteiger charge is 2.43. The summed E-state index contributed by atoms with van der Waals surface area (Å²) in [5, 5.41) is 3.06. The number of nitrogens with one attached hydrogen (secondary N) is 1. The van der Waals surface area contributed by atoms with Crippen molar-refractivity contribution in [3.63, 3.8) is 0 Å². The fraction of sp³-hybridized carbons (Fsp3) is 0.652. The lowest BCUT2D eigenvalue weighted by atomic mass is 9.76. The van der Waals surface area contributed by atoms with Crippen LogP contribution in [0.5, 0.6) is 11.5 Å². The summed E-state index contributed by atoms with van der Waals surface area (Å²) in [5.74, 6) is 2.84. The third-order valence-electron chi connectivity index (χ3n) is 6.81. The van der Waals surface area contributed by atoms with Gasteiger partial charge in [-0.1, -0.05) is 6.07 Å². The van der Waals surface area contributed by atoms with Crippen molar-refractivity contribution in [3.05, 3.63) is 23.8 Å². The molecule has 0 saturated carbocycles. The number of fused-ring (bicyclic) bond motifs is 4. The number of benzene rings is 1. The zero-order chi connectivity index (χ0) is 21.1. The van der Waals surface area contributed by atoms with E-state index in [4.69, 9.17) is 9.47 Å². The zero-order valence-corrected chi connectivity index (χ0v) is 18.1. The second-order valence-corrected chi connectivity index (χ2v) is 8.85. The van der Waals surface area contributed by atoms with Crippen LogP contribution in [0.25, 0.3) is 0 Å². The average Bonchev–Trinajstić information content (AvgIpc) is 2.74. The summed E-state index contributed by atoms with van der Waals surface area (Å²) >= 11 is 0. The number of hydrogen-bond donors (Lipinski definition) is 1. The predicted octanol–water partition coefficient (Wildman–Crippen LogP) is 1.70. The number of likely N-dealkylation sites (tertiary alicyclic amines) is 1. The van der Waals surface area contributed by atoms with Gasteiger partial charge in [0.2, 0.25) is 11.8 Å². The normalized spacial score (nSPS) is 26.1. The highest BCUT2D eigenvalue weighted by atomic mass is 16.5. The van der Waals surface area contributed by atoms with Crippen LogP contribution in [0.2, 0.25) is 0 Å². The molecular weight excluding hydrogens is 382 g/mol. The van der Waals surface area contributed by atoms with Gasteiger partial charge in [0.1, 0.15) is 0 Å². The molecule has 3 saturated heterocycles. The third kappa shape index (κ3) is 4.56. The number of carbonyl (C=O) groups excluding carboxylic acids is 2. The van der Waals surface area contributed by atoms with Crippen molar-refractivity contribution in [2.75, 3.05) is 46.9 Å². The van der Waals surface area contributed by atoms with E-state index in [9.17, 15) is 9.59 Å². The van der Waals surface area contributed by atoms with E-state index in [-0.39, 0.29) is 5.91 Å². The molecule has 1 aromatic carbocycles. The molecule has 7 nitrogen and oxygen atoms in total. The minimum atomic E-state index is 0.0760. The lowest BCUT2D eigenvalue weighted by Crippen LogP contribution is -2.61. The van der Waals surface area contributed by atoms with Crippen LogP contribution >= 0.6 is 0 Å². The van der Waals surface area contributed by atoms with Gasteiger partial charge in [-0.15, -0.1) is 0 Å². The lowest BCUT2D eigenvalue weighted by molar-refractivity contribution is -0.145. The molecule has 3 atom stereocenters. The summed E-state index contributed by atoms with van der Waals surface area (Å²) in [5.41, 5.74) is 1.10. The van der Waals surface area contributed by atoms with Crippen LogP contribution in [0, 0.1) is 11.8 Å². The maximum Gasteiger partial charge on any atom is 0.234 e. The monoisotopic (exact) mass is 415 g/mol. The fourth-order valence-electron chi connectivity index (χ4n) is 5.48. The molecule has 0 aromatic heterocycles. The molecule has 3 aliphatic rings. The van der Waals surface area contributed by atoms with Gasteiger partial charge in [0.15, 0.2) is 11.5 Å². The van der Waals surface area contributed by atoms with Crippen molar-refractivity contribution in [2.24, 2.45) is 11.8 Å². The van der Waals surface area contributed by atoms with Crippen molar-refractivity contribution in [2.45, 2.75) is 38.1 Å². The molecule has 164 valence electrons. The van der Waals surface area contributed by atoms with Crippen molar-refractivity contribution < 1.29 is 19.1 Å². The van der Waals surface area contributed by atoms with Crippen LogP contribution < -0.4 is 14.8 Å². The van der Waals surface area contributed by atoms with Gasteiger partial charge in [-0.25, -0.2) is 0 Å². The number of methoxy groups -OCH3 is 2. The summed E-state index contributed by atoms with van der Waals surface area (Å²) in [6.45, 7) is 3.75. The number of carbonyl (C=O) groups is 2. The van der Waals surface area contributed by atoms with Gasteiger partial charge in [-0.2, -0.15) is 0 Å². The molecule has 1 aromatic rings. The number of rotatable bonds is 7. The number of ether oxygens (including phenoxy) is 2.